The van der Waals surface area contributed by atoms with Crippen LogP contribution < -0.4 is 5.46 Å². The number of aliphatic hydroxyl groups is 1. The van der Waals surface area contributed by atoms with E-state index < -0.39 is 28.2 Å². The molecule has 0 aliphatic carbocycles. The van der Waals surface area contributed by atoms with Crippen molar-refractivity contribution in [1.29, 1.82) is 0 Å². The topological polar surface area (TPSA) is 102 Å². The predicted octanol–water partition coefficient (Wildman–Crippen LogP) is 1.18. The van der Waals surface area contributed by atoms with Gasteiger partial charge in [-0.25, -0.2) is 18.4 Å². The van der Waals surface area contributed by atoms with Crippen molar-refractivity contribution in [3.8, 4) is 0 Å². The number of piperidine rings is 1. The molecular formula is C20H34BN3O5S. The normalized spacial score (nSPS) is 24.3. The Labute approximate surface area is 180 Å². The van der Waals surface area contributed by atoms with Crippen LogP contribution in [0, 0.1) is 0 Å². The molecule has 1 aromatic rings. The molecule has 10 heteroatoms. The van der Waals surface area contributed by atoms with Crippen molar-refractivity contribution in [2.45, 2.75) is 82.2 Å². The number of hydrogen-bond acceptors (Lipinski definition) is 8. The van der Waals surface area contributed by atoms with Crippen LogP contribution in [0.2, 0.25) is 0 Å². The molecule has 8 nitrogen and oxygen atoms in total. The van der Waals surface area contributed by atoms with Gasteiger partial charge >= 0.3 is 7.12 Å². The van der Waals surface area contributed by atoms with Crippen molar-refractivity contribution >= 4 is 22.4 Å². The smallest absolute Gasteiger partial charge is 0.399 e. The van der Waals surface area contributed by atoms with Gasteiger partial charge in [-0.2, -0.15) is 0 Å². The van der Waals surface area contributed by atoms with Crippen LogP contribution in [0.5, 0.6) is 0 Å². The van der Waals surface area contributed by atoms with E-state index in [4.69, 9.17) is 9.31 Å². The Bertz CT molecular complexity index is 798. The van der Waals surface area contributed by atoms with Gasteiger partial charge in [-0.15, -0.1) is 0 Å². The highest BCUT2D eigenvalue weighted by Gasteiger charge is 2.52. The van der Waals surface area contributed by atoms with Crippen molar-refractivity contribution < 1.29 is 22.8 Å². The molecule has 168 valence electrons. The van der Waals surface area contributed by atoms with Crippen molar-refractivity contribution in [3.63, 3.8) is 0 Å². The number of rotatable bonds is 8. The van der Waals surface area contributed by atoms with Gasteiger partial charge < -0.3 is 14.4 Å². The van der Waals surface area contributed by atoms with Crippen LogP contribution in [-0.2, 0) is 19.1 Å². The molecule has 2 aliphatic heterocycles. The quantitative estimate of drug-likeness (QED) is 0.476. The summed E-state index contributed by atoms with van der Waals surface area (Å²) in [5, 5.41) is 9.07. The second-order valence-corrected chi connectivity index (χ2v) is 11.3. The van der Waals surface area contributed by atoms with Crippen LogP contribution in [0.25, 0.3) is 0 Å². The summed E-state index contributed by atoms with van der Waals surface area (Å²) in [5.74, 6) is 0.0201. The number of β-amino-alcohol motifs (C(OH)–C–C–N with tert-alkyl or cyclic N) is 1. The van der Waals surface area contributed by atoms with Crippen LogP contribution in [0.15, 0.2) is 17.6 Å². The van der Waals surface area contributed by atoms with E-state index in [9.17, 15) is 13.5 Å². The Kier molecular flexibility index (Phi) is 7.24. The van der Waals surface area contributed by atoms with E-state index in [1.807, 2.05) is 27.7 Å². The predicted molar refractivity (Wildman–Crippen MR) is 115 cm³/mol. The zero-order valence-electron chi connectivity index (χ0n) is 18.5. The largest absolute Gasteiger partial charge is 0.498 e. The molecule has 0 aromatic carbocycles. The van der Waals surface area contributed by atoms with Gasteiger partial charge in [-0.05, 0) is 59.9 Å². The molecule has 0 amide bonds. The van der Waals surface area contributed by atoms with Crippen molar-refractivity contribution in [3.05, 3.63) is 12.4 Å². The average molecular weight is 439 g/mol. The van der Waals surface area contributed by atoms with E-state index in [1.54, 1.807) is 0 Å². The summed E-state index contributed by atoms with van der Waals surface area (Å²) in [6.45, 7) is 9.60. The molecule has 2 aliphatic rings. The fourth-order valence-corrected chi connectivity index (χ4v) is 5.15. The number of nitrogens with zero attached hydrogens (tertiary/aromatic N) is 3. The lowest BCUT2D eigenvalue weighted by atomic mass is 9.81. The summed E-state index contributed by atoms with van der Waals surface area (Å²) in [7, 11) is -4.16. The Hall–Kier alpha value is -1.07. The van der Waals surface area contributed by atoms with Gasteiger partial charge in [0.05, 0.1) is 23.6 Å². The maximum Gasteiger partial charge on any atom is 0.498 e. The van der Waals surface area contributed by atoms with Gasteiger partial charge in [0.25, 0.3) is 0 Å². The molecule has 0 bridgehead atoms. The Morgan fingerprint density at radius 3 is 2.40 bits per heavy atom. The summed E-state index contributed by atoms with van der Waals surface area (Å²) < 4.78 is 37.3. The lowest BCUT2D eigenvalue weighted by Crippen LogP contribution is -2.41. The first-order valence-electron chi connectivity index (χ1n) is 10.8. The SMILES string of the molecule is CC1(C)OB(c2cnc(S(=O)(=O)CCC[C@H]3CCCCN3CCO)nc2)OC1(C)C. The minimum Gasteiger partial charge on any atom is -0.399 e. The lowest BCUT2D eigenvalue weighted by molar-refractivity contribution is 0.00578. The highest BCUT2D eigenvalue weighted by Crippen LogP contribution is 2.36. The van der Waals surface area contributed by atoms with Gasteiger partial charge in [0.1, 0.15) is 0 Å². The Morgan fingerprint density at radius 1 is 1.17 bits per heavy atom. The number of aromatic nitrogens is 2. The first kappa shape index (κ1) is 23.6. The highest BCUT2D eigenvalue weighted by atomic mass is 32.2. The monoisotopic (exact) mass is 439 g/mol. The Balaban J connectivity index is 1.58. The molecule has 30 heavy (non-hydrogen) atoms. The number of hydrogen-bond donors (Lipinski definition) is 1. The highest BCUT2D eigenvalue weighted by molar-refractivity contribution is 7.91. The van der Waals surface area contributed by atoms with Gasteiger partial charge in [-0.1, -0.05) is 6.42 Å². The summed E-state index contributed by atoms with van der Waals surface area (Å²) in [4.78, 5) is 10.5. The van der Waals surface area contributed by atoms with Crippen LogP contribution in [-0.4, -0.2) is 78.2 Å². The molecule has 1 N–H and O–H groups in total. The van der Waals surface area contributed by atoms with Gasteiger partial charge in [0, 0.05) is 30.4 Å². The van der Waals surface area contributed by atoms with E-state index in [1.165, 1.54) is 12.4 Å². The maximum absolute atomic E-state index is 12.7. The Morgan fingerprint density at radius 2 is 1.80 bits per heavy atom. The third-order valence-corrected chi connectivity index (χ3v) is 8.13. The zero-order chi connectivity index (χ0) is 22.0. The molecule has 1 atom stereocenters. The minimum absolute atomic E-state index is 0.0201. The molecular weight excluding hydrogens is 405 g/mol. The lowest BCUT2D eigenvalue weighted by Gasteiger charge is -2.35. The molecule has 3 heterocycles. The summed E-state index contributed by atoms with van der Waals surface area (Å²) in [6.07, 6.45) is 7.65. The molecule has 0 unspecified atom stereocenters. The van der Waals surface area contributed by atoms with Crippen molar-refractivity contribution in [1.82, 2.24) is 14.9 Å². The van der Waals surface area contributed by atoms with E-state index in [-0.39, 0.29) is 17.5 Å². The van der Waals surface area contributed by atoms with Gasteiger partial charge in [0.2, 0.25) is 15.0 Å². The molecule has 2 fully saturated rings. The van der Waals surface area contributed by atoms with E-state index in [2.05, 4.69) is 14.9 Å². The first-order valence-corrected chi connectivity index (χ1v) is 12.5. The standard InChI is InChI=1S/C20H34BN3O5S/c1-19(2)20(3,4)29-21(28-19)16-14-22-18(23-15-16)30(26,27)13-7-9-17-8-5-6-10-24(17)11-12-25/h14-15,17,25H,5-13H2,1-4H3/t17-/m1/s1. The maximum atomic E-state index is 12.7. The molecule has 0 saturated carbocycles. The number of likely N-dealkylation sites (tertiary alicyclic amines) is 1. The van der Waals surface area contributed by atoms with E-state index >= 15 is 0 Å². The van der Waals surface area contributed by atoms with Crippen molar-refractivity contribution in [2.75, 3.05) is 25.4 Å². The molecule has 0 spiro atoms. The summed E-state index contributed by atoms with van der Waals surface area (Å²) in [6, 6.07) is 0.341. The third-order valence-electron chi connectivity index (χ3n) is 6.54. The van der Waals surface area contributed by atoms with Gasteiger partial charge in [-0.3, -0.25) is 4.90 Å². The first-order chi connectivity index (χ1) is 14.1. The van der Waals surface area contributed by atoms with Crippen LogP contribution in [0.4, 0.5) is 0 Å². The number of sulfone groups is 1. The molecule has 0 radical (unpaired) electrons. The van der Waals surface area contributed by atoms with Gasteiger partial charge in [0.15, 0.2) is 0 Å². The molecule has 3 rings (SSSR count). The summed E-state index contributed by atoms with van der Waals surface area (Å²) in [5.41, 5.74) is -0.355. The fraction of sp³-hybridized carbons (Fsp3) is 0.800. The minimum atomic E-state index is -3.55. The molecule has 1 aromatic heterocycles. The van der Waals surface area contributed by atoms with E-state index in [0.29, 0.717) is 24.5 Å². The fourth-order valence-electron chi connectivity index (χ4n) is 4.00. The van der Waals surface area contributed by atoms with Crippen molar-refractivity contribution in [2.24, 2.45) is 0 Å². The van der Waals surface area contributed by atoms with Crippen LogP contribution in [0.1, 0.15) is 59.8 Å². The second kappa shape index (κ2) is 9.20. The third kappa shape index (κ3) is 5.22. The number of aliphatic hydroxyl groups excluding tert-OH is 1. The zero-order valence-corrected chi connectivity index (χ0v) is 19.3. The van der Waals surface area contributed by atoms with Crippen LogP contribution >= 0.6 is 0 Å². The second-order valence-electron chi connectivity index (χ2n) is 9.26. The average Bonchev–Trinajstić information content (AvgIpc) is 2.91. The summed E-state index contributed by atoms with van der Waals surface area (Å²) >= 11 is 0. The van der Waals surface area contributed by atoms with Crippen LogP contribution in [0.3, 0.4) is 0 Å². The molecule has 2 saturated heterocycles. The van der Waals surface area contributed by atoms with E-state index in [0.717, 1.165) is 32.2 Å².